The van der Waals surface area contributed by atoms with Gasteiger partial charge in [0, 0.05) is 56.5 Å². The molecule has 1 aliphatic heterocycles. The molecule has 194 valence electrons. The maximum atomic E-state index is 13.1. The molecule has 0 amide bonds. The zero-order valence-corrected chi connectivity index (χ0v) is 20.6. The molecular weight excluding hydrogens is 485 g/mol. The second kappa shape index (κ2) is 9.91. The SMILES string of the molecule is COc1ccc([C@@H]2CC(=O)c3cnc(N4CCN(c5cccc(C(F)(F)F)c5)CC4)nc3C2)c(OC)c1. The number of methoxy groups -OCH3 is 2. The van der Waals surface area contributed by atoms with Crippen LogP contribution in [0.1, 0.15) is 39.5 Å². The molecule has 0 spiro atoms. The van der Waals surface area contributed by atoms with Crippen LogP contribution in [0, 0.1) is 0 Å². The van der Waals surface area contributed by atoms with Gasteiger partial charge in [0.15, 0.2) is 5.78 Å². The molecule has 7 nitrogen and oxygen atoms in total. The van der Waals surface area contributed by atoms with Crippen LogP contribution in [-0.4, -0.2) is 56.1 Å². The molecule has 1 aliphatic carbocycles. The van der Waals surface area contributed by atoms with Crippen molar-refractivity contribution in [2.45, 2.75) is 24.9 Å². The molecule has 0 N–H and O–H groups in total. The summed E-state index contributed by atoms with van der Waals surface area (Å²) >= 11 is 0. The standard InChI is InChI=1S/C27H27F3N4O3/c1-36-20-6-7-21(25(15-20)37-2)17-12-23-22(24(35)13-17)16-31-26(32-23)34-10-8-33(9-11-34)19-5-3-4-18(14-19)27(28,29)30/h3-7,14-17H,8-13H2,1-2H3/t17-/m0/s1. The zero-order valence-electron chi connectivity index (χ0n) is 20.6. The Kier molecular flexibility index (Phi) is 6.66. The van der Waals surface area contributed by atoms with Crippen LogP contribution in [-0.2, 0) is 12.6 Å². The minimum absolute atomic E-state index is 0.00923. The van der Waals surface area contributed by atoms with Crippen LogP contribution < -0.4 is 19.3 Å². The van der Waals surface area contributed by atoms with Gasteiger partial charge < -0.3 is 19.3 Å². The number of fused-ring (bicyclic) bond motifs is 1. The fourth-order valence-electron chi connectivity index (χ4n) is 5.01. The molecule has 2 aliphatic rings. The van der Waals surface area contributed by atoms with Crippen molar-refractivity contribution < 1.29 is 27.4 Å². The number of ketones is 1. The van der Waals surface area contributed by atoms with E-state index in [1.54, 1.807) is 26.5 Å². The van der Waals surface area contributed by atoms with Gasteiger partial charge in [-0.05, 0) is 36.2 Å². The fraction of sp³-hybridized carbons (Fsp3) is 0.370. The number of hydrogen-bond acceptors (Lipinski definition) is 7. The van der Waals surface area contributed by atoms with Crippen molar-refractivity contribution in [1.29, 1.82) is 0 Å². The number of carbonyl (C=O) groups excluding carboxylic acids is 1. The number of nitrogens with zero attached hydrogens (tertiary/aromatic N) is 4. The molecule has 1 saturated heterocycles. The van der Waals surface area contributed by atoms with Crippen LogP contribution in [0.4, 0.5) is 24.8 Å². The van der Waals surface area contributed by atoms with E-state index < -0.39 is 11.7 Å². The third-order valence-corrected chi connectivity index (χ3v) is 7.01. The number of anilines is 2. The van der Waals surface area contributed by atoms with Gasteiger partial charge in [0.1, 0.15) is 11.5 Å². The summed E-state index contributed by atoms with van der Waals surface area (Å²) in [5, 5.41) is 0. The molecule has 3 aromatic rings. The number of hydrogen-bond donors (Lipinski definition) is 0. The highest BCUT2D eigenvalue weighted by Gasteiger charge is 2.32. The maximum absolute atomic E-state index is 13.1. The second-order valence-corrected chi connectivity index (χ2v) is 9.19. The van der Waals surface area contributed by atoms with E-state index in [9.17, 15) is 18.0 Å². The summed E-state index contributed by atoms with van der Waals surface area (Å²) in [7, 11) is 3.18. The van der Waals surface area contributed by atoms with Crippen molar-refractivity contribution in [3.8, 4) is 11.5 Å². The molecule has 37 heavy (non-hydrogen) atoms. The van der Waals surface area contributed by atoms with Gasteiger partial charge in [0.25, 0.3) is 0 Å². The van der Waals surface area contributed by atoms with Gasteiger partial charge in [-0.3, -0.25) is 4.79 Å². The first kappa shape index (κ1) is 24.9. The van der Waals surface area contributed by atoms with Crippen LogP contribution in [0.15, 0.2) is 48.7 Å². The summed E-state index contributed by atoms with van der Waals surface area (Å²) in [6.45, 7) is 2.18. The van der Waals surface area contributed by atoms with Crippen LogP contribution in [0.3, 0.4) is 0 Å². The van der Waals surface area contributed by atoms with Crippen molar-refractivity contribution in [2.75, 3.05) is 50.2 Å². The summed E-state index contributed by atoms with van der Waals surface area (Å²) in [6.07, 6.45) is -1.86. The topological polar surface area (TPSA) is 67.8 Å². The van der Waals surface area contributed by atoms with E-state index in [0.29, 0.717) is 73.4 Å². The van der Waals surface area contributed by atoms with Gasteiger partial charge >= 0.3 is 6.18 Å². The Morgan fingerprint density at radius 1 is 0.946 bits per heavy atom. The first-order valence-electron chi connectivity index (χ1n) is 12.0. The lowest BCUT2D eigenvalue weighted by Crippen LogP contribution is -2.47. The monoisotopic (exact) mass is 512 g/mol. The number of Topliss-reactive ketones (excluding diaryl/α,β-unsaturated/α-hetero) is 1. The number of ether oxygens (including phenoxy) is 2. The van der Waals surface area contributed by atoms with Crippen molar-refractivity contribution in [3.63, 3.8) is 0 Å². The minimum atomic E-state index is -4.38. The normalized spacial score (nSPS) is 18.0. The quantitative estimate of drug-likeness (QED) is 0.489. The molecular formula is C27H27F3N4O3. The number of benzene rings is 2. The molecule has 1 atom stereocenters. The summed E-state index contributed by atoms with van der Waals surface area (Å²) in [5.41, 5.74) is 2.05. The van der Waals surface area contributed by atoms with Gasteiger partial charge in [0.05, 0.1) is 31.0 Å². The summed E-state index contributed by atoms with van der Waals surface area (Å²) in [5.74, 6) is 1.78. The highest BCUT2D eigenvalue weighted by molar-refractivity contribution is 5.98. The Hall–Kier alpha value is -3.82. The highest BCUT2D eigenvalue weighted by Crippen LogP contribution is 2.38. The third-order valence-electron chi connectivity index (χ3n) is 7.01. The third kappa shape index (κ3) is 5.05. The highest BCUT2D eigenvalue weighted by atomic mass is 19.4. The fourth-order valence-corrected chi connectivity index (χ4v) is 5.01. The van der Waals surface area contributed by atoms with Crippen LogP contribution in [0.5, 0.6) is 11.5 Å². The van der Waals surface area contributed by atoms with Gasteiger partial charge in [-0.25, -0.2) is 9.97 Å². The van der Waals surface area contributed by atoms with Gasteiger partial charge in [0.2, 0.25) is 5.95 Å². The van der Waals surface area contributed by atoms with Crippen molar-refractivity contribution >= 4 is 17.4 Å². The van der Waals surface area contributed by atoms with E-state index in [-0.39, 0.29) is 11.7 Å². The molecule has 0 radical (unpaired) electrons. The molecule has 2 aromatic carbocycles. The number of rotatable bonds is 5. The maximum Gasteiger partial charge on any atom is 0.416 e. The number of alkyl halides is 3. The number of aromatic nitrogens is 2. The first-order chi connectivity index (χ1) is 17.8. The Balaban J connectivity index is 1.32. The van der Waals surface area contributed by atoms with Crippen molar-refractivity contribution in [3.05, 3.63) is 71.0 Å². The van der Waals surface area contributed by atoms with E-state index in [1.165, 1.54) is 12.1 Å². The molecule has 0 saturated carbocycles. The Morgan fingerprint density at radius 3 is 2.41 bits per heavy atom. The van der Waals surface area contributed by atoms with E-state index in [2.05, 4.69) is 4.98 Å². The van der Waals surface area contributed by atoms with Crippen LogP contribution in [0.25, 0.3) is 0 Å². The zero-order chi connectivity index (χ0) is 26.2. The van der Waals surface area contributed by atoms with Crippen molar-refractivity contribution in [1.82, 2.24) is 9.97 Å². The van der Waals surface area contributed by atoms with E-state index in [0.717, 1.165) is 11.6 Å². The minimum Gasteiger partial charge on any atom is -0.497 e. The summed E-state index contributed by atoms with van der Waals surface area (Å²) in [6, 6.07) is 11.0. The predicted octanol–water partition coefficient (Wildman–Crippen LogP) is 4.75. The molecule has 0 unspecified atom stereocenters. The Bertz CT molecular complexity index is 1310. The van der Waals surface area contributed by atoms with E-state index in [4.69, 9.17) is 14.5 Å². The lowest BCUT2D eigenvalue weighted by atomic mass is 9.82. The largest absolute Gasteiger partial charge is 0.497 e. The van der Waals surface area contributed by atoms with Gasteiger partial charge in [-0.2, -0.15) is 13.2 Å². The number of piperazine rings is 1. The molecule has 10 heteroatoms. The summed E-state index contributed by atoms with van der Waals surface area (Å²) in [4.78, 5) is 26.1. The number of halogens is 3. The second-order valence-electron chi connectivity index (χ2n) is 9.19. The lowest BCUT2D eigenvalue weighted by Gasteiger charge is -2.36. The van der Waals surface area contributed by atoms with E-state index >= 15 is 0 Å². The predicted molar refractivity (Wildman–Crippen MR) is 133 cm³/mol. The van der Waals surface area contributed by atoms with Crippen molar-refractivity contribution in [2.24, 2.45) is 0 Å². The van der Waals surface area contributed by atoms with Crippen LogP contribution >= 0.6 is 0 Å². The van der Waals surface area contributed by atoms with E-state index in [1.807, 2.05) is 28.0 Å². The number of carbonyl (C=O) groups is 1. The van der Waals surface area contributed by atoms with Gasteiger partial charge in [-0.15, -0.1) is 0 Å². The molecule has 1 aromatic heterocycles. The van der Waals surface area contributed by atoms with Gasteiger partial charge in [-0.1, -0.05) is 12.1 Å². The molecule has 5 rings (SSSR count). The summed E-state index contributed by atoms with van der Waals surface area (Å²) < 4.78 is 50.2. The lowest BCUT2D eigenvalue weighted by molar-refractivity contribution is -0.137. The molecule has 1 fully saturated rings. The Morgan fingerprint density at radius 2 is 1.70 bits per heavy atom. The average Bonchev–Trinajstić information content (AvgIpc) is 2.92. The van der Waals surface area contributed by atoms with Crippen LogP contribution in [0.2, 0.25) is 0 Å². The smallest absolute Gasteiger partial charge is 0.416 e. The first-order valence-corrected chi connectivity index (χ1v) is 12.0. The average molecular weight is 513 g/mol. The molecule has 2 heterocycles. The Labute approximate surface area is 212 Å². The molecule has 0 bridgehead atoms.